The molecule has 1 aromatic heterocycles. The zero-order valence-electron chi connectivity index (χ0n) is 16.9. The smallest absolute Gasteiger partial charge is 0.263 e. The number of nitrogens with zero attached hydrogens (tertiary/aromatic N) is 2. The number of hydrogen-bond donors (Lipinski definition) is 2. The molecule has 0 bridgehead atoms. The summed E-state index contributed by atoms with van der Waals surface area (Å²) in [4.78, 5) is 16.5. The molecule has 1 unspecified atom stereocenters. The number of aromatic nitrogens is 1. The highest BCUT2D eigenvalue weighted by molar-refractivity contribution is 7.93. The highest BCUT2D eigenvalue weighted by Gasteiger charge is 2.29. The maximum Gasteiger partial charge on any atom is 0.263 e. The fourth-order valence-electron chi connectivity index (χ4n) is 2.81. The summed E-state index contributed by atoms with van der Waals surface area (Å²) in [6.07, 6.45) is 2.41. The quantitative estimate of drug-likeness (QED) is 0.492. The van der Waals surface area contributed by atoms with Crippen LogP contribution in [0, 0.1) is 5.82 Å². The van der Waals surface area contributed by atoms with Gasteiger partial charge in [0, 0.05) is 17.3 Å². The molecule has 0 fully saturated rings. The summed E-state index contributed by atoms with van der Waals surface area (Å²) in [5.74, 6) is -1.20. The second-order valence-corrected chi connectivity index (χ2v) is 11.1. The van der Waals surface area contributed by atoms with Crippen LogP contribution in [-0.2, 0) is 24.8 Å². The summed E-state index contributed by atoms with van der Waals surface area (Å²) in [7, 11) is -7.71. The summed E-state index contributed by atoms with van der Waals surface area (Å²) in [6.45, 7) is 1.39. The Balaban J connectivity index is 1.76. The van der Waals surface area contributed by atoms with Crippen molar-refractivity contribution >= 4 is 53.8 Å². The number of rotatable bonds is 8. The third kappa shape index (κ3) is 5.60. The first-order chi connectivity index (χ1) is 15.0. The first-order valence-electron chi connectivity index (χ1n) is 9.05. The molecule has 3 aromatic rings. The highest BCUT2D eigenvalue weighted by atomic mass is 32.2. The van der Waals surface area contributed by atoms with Crippen molar-refractivity contribution in [1.82, 2.24) is 4.98 Å². The Hall–Kier alpha value is -3.03. The number of amides is 1. The number of nitrogens with one attached hydrogen (secondary N) is 2. The maximum atomic E-state index is 13.2. The largest absolute Gasteiger partial charge is 0.324 e. The molecule has 0 aliphatic heterocycles. The minimum Gasteiger partial charge on any atom is -0.324 e. The topological polar surface area (TPSA) is 126 Å². The number of carbonyl (C=O) groups is 1. The first-order valence-corrected chi connectivity index (χ1v) is 13.3. The zero-order chi connectivity index (χ0) is 23.5. The van der Waals surface area contributed by atoms with Crippen molar-refractivity contribution in [3.05, 3.63) is 65.9 Å². The molecule has 0 spiro atoms. The Bertz CT molecular complexity index is 1290. The second-order valence-electron chi connectivity index (χ2n) is 6.67. The normalized spacial score (nSPS) is 12.7. The van der Waals surface area contributed by atoms with Gasteiger partial charge in [-0.1, -0.05) is 0 Å². The van der Waals surface area contributed by atoms with E-state index in [2.05, 4.69) is 15.0 Å². The van der Waals surface area contributed by atoms with E-state index in [-0.39, 0.29) is 21.4 Å². The monoisotopic (exact) mass is 498 g/mol. The van der Waals surface area contributed by atoms with Crippen LogP contribution in [0.5, 0.6) is 0 Å². The fraction of sp³-hybridized carbons (Fsp3) is 0.158. The average Bonchev–Trinajstić information content (AvgIpc) is 3.21. The van der Waals surface area contributed by atoms with Gasteiger partial charge >= 0.3 is 0 Å². The second kappa shape index (κ2) is 9.22. The van der Waals surface area contributed by atoms with Crippen molar-refractivity contribution in [1.29, 1.82) is 0 Å². The molecule has 0 saturated carbocycles. The zero-order valence-corrected chi connectivity index (χ0v) is 19.3. The van der Waals surface area contributed by atoms with Crippen LogP contribution in [0.4, 0.5) is 20.9 Å². The Morgan fingerprint density at radius 1 is 1.06 bits per heavy atom. The summed E-state index contributed by atoms with van der Waals surface area (Å²) in [5, 5.41) is 4.40. The Labute approximate surface area is 189 Å². The molecule has 13 heteroatoms. The molecular formula is C19H19FN4O5S3. The van der Waals surface area contributed by atoms with E-state index >= 15 is 0 Å². The third-order valence-electron chi connectivity index (χ3n) is 4.26. The minimum absolute atomic E-state index is 0.0391. The molecule has 0 radical (unpaired) electrons. The number of halogens is 1. The van der Waals surface area contributed by atoms with Gasteiger partial charge in [0.05, 0.1) is 16.8 Å². The molecule has 0 aliphatic carbocycles. The van der Waals surface area contributed by atoms with Crippen molar-refractivity contribution in [3.8, 4) is 0 Å². The van der Waals surface area contributed by atoms with Gasteiger partial charge in [-0.25, -0.2) is 26.2 Å². The van der Waals surface area contributed by atoms with Crippen LogP contribution < -0.4 is 14.3 Å². The van der Waals surface area contributed by atoms with E-state index in [1.807, 2.05) is 0 Å². The van der Waals surface area contributed by atoms with Crippen LogP contribution in [-0.4, -0.2) is 40.0 Å². The van der Waals surface area contributed by atoms with Gasteiger partial charge in [0.15, 0.2) is 5.13 Å². The Morgan fingerprint density at radius 2 is 1.69 bits per heavy atom. The van der Waals surface area contributed by atoms with Crippen molar-refractivity contribution in [3.63, 3.8) is 0 Å². The molecule has 170 valence electrons. The van der Waals surface area contributed by atoms with E-state index < -0.39 is 37.8 Å². The van der Waals surface area contributed by atoms with Crippen molar-refractivity contribution in [2.24, 2.45) is 0 Å². The van der Waals surface area contributed by atoms with Gasteiger partial charge in [-0.05, 0) is 55.5 Å². The van der Waals surface area contributed by atoms with E-state index in [4.69, 9.17) is 0 Å². The number of sulfonamides is 2. The summed E-state index contributed by atoms with van der Waals surface area (Å²) in [5.41, 5.74) is 0.397. The number of anilines is 3. The van der Waals surface area contributed by atoms with Gasteiger partial charge in [-0.2, -0.15) is 0 Å². The fourth-order valence-corrected chi connectivity index (χ4v) is 5.77. The van der Waals surface area contributed by atoms with E-state index in [1.54, 1.807) is 5.38 Å². The molecule has 0 aliphatic rings. The van der Waals surface area contributed by atoms with Crippen LogP contribution in [0.25, 0.3) is 0 Å². The maximum absolute atomic E-state index is 13.2. The molecule has 9 nitrogen and oxygen atoms in total. The summed E-state index contributed by atoms with van der Waals surface area (Å²) < 4.78 is 65.8. The lowest BCUT2D eigenvalue weighted by molar-refractivity contribution is -0.116. The molecule has 1 heterocycles. The standard InChI is InChI=1S/C19H19FN4O5S3/c1-13(24(31(2,26)27)16-7-3-14(20)4-8-16)18(25)22-15-5-9-17(10-6-15)32(28,29)23-19-21-11-12-30-19/h3-13H,1-2H3,(H,21,23)(H,22,25). The van der Waals surface area contributed by atoms with E-state index in [0.717, 1.165) is 34.0 Å². The van der Waals surface area contributed by atoms with Gasteiger partial charge in [-0.15, -0.1) is 11.3 Å². The van der Waals surface area contributed by atoms with Crippen LogP contribution in [0.15, 0.2) is 65.0 Å². The summed E-state index contributed by atoms with van der Waals surface area (Å²) >= 11 is 1.13. The predicted molar refractivity (Wildman–Crippen MR) is 121 cm³/mol. The van der Waals surface area contributed by atoms with E-state index in [1.165, 1.54) is 49.5 Å². The van der Waals surface area contributed by atoms with Crippen LogP contribution in [0.1, 0.15) is 6.92 Å². The molecule has 3 rings (SSSR count). The van der Waals surface area contributed by atoms with Crippen LogP contribution in [0.3, 0.4) is 0 Å². The van der Waals surface area contributed by atoms with Crippen LogP contribution >= 0.6 is 11.3 Å². The van der Waals surface area contributed by atoms with Gasteiger partial charge in [0.2, 0.25) is 15.9 Å². The number of carbonyl (C=O) groups excluding carboxylic acids is 1. The van der Waals surface area contributed by atoms with Crippen molar-refractivity contribution < 1.29 is 26.0 Å². The average molecular weight is 499 g/mol. The number of benzene rings is 2. The SMILES string of the molecule is CC(C(=O)Nc1ccc(S(=O)(=O)Nc2nccs2)cc1)N(c1ccc(F)cc1)S(C)(=O)=O. The van der Waals surface area contributed by atoms with Crippen LogP contribution in [0.2, 0.25) is 0 Å². The van der Waals surface area contributed by atoms with E-state index in [9.17, 15) is 26.0 Å². The molecule has 2 aromatic carbocycles. The van der Waals surface area contributed by atoms with E-state index in [0.29, 0.717) is 0 Å². The third-order valence-corrected chi connectivity index (χ3v) is 7.67. The first kappa shape index (κ1) is 23.6. The number of hydrogen-bond acceptors (Lipinski definition) is 7. The molecule has 1 atom stereocenters. The Morgan fingerprint density at radius 3 is 2.22 bits per heavy atom. The predicted octanol–water partition coefficient (Wildman–Crippen LogP) is 2.88. The van der Waals surface area contributed by atoms with Crippen molar-refractivity contribution in [2.45, 2.75) is 17.9 Å². The van der Waals surface area contributed by atoms with Gasteiger partial charge in [0.1, 0.15) is 11.9 Å². The lowest BCUT2D eigenvalue weighted by atomic mass is 10.2. The lowest BCUT2D eigenvalue weighted by Gasteiger charge is -2.28. The molecule has 32 heavy (non-hydrogen) atoms. The molecular weight excluding hydrogens is 479 g/mol. The minimum atomic E-state index is -3.86. The molecule has 1 amide bonds. The van der Waals surface area contributed by atoms with Gasteiger partial charge in [0.25, 0.3) is 10.0 Å². The highest BCUT2D eigenvalue weighted by Crippen LogP contribution is 2.23. The van der Waals surface area contributed by atoms with Gasteiger partial charge < -0.3 is 5.32 Å². The Kier molecular flexibility index (Phi) is 6.81. The number of thiazole rings is 1. The lowest BCUT2D eigenvalue weighted by Crippen LogP contribution is -2.45. The summed E-state index contributed by atoms with van der Waals surface area (Å²) in [6, 6.07) is 8.90. The van der Waals surface area contributed by atoms with Crippen molar-refractivity contribution in [2.75, 3.05) is 20.6 Å². The molecule has 0 saturated heterocycles. The van der Waals surface area contributed by atoms with Gasteiger partial charge in [-0.3, -0.25) is 13.8 Å². The molecule has 2 N–H and O–H groups in total.